The average Bonchev–Trinajstić information content (AvgIpc) is 3.30. The van der Waals surface area contributed by atoms with Gasteiger partial charge in [0.1, 0.15) is 5.82 Å². The molecule has 4 nitrogen and oxygen atoms in total. The third-order valence-electron chi connectivity index (χ3n) is 6.06. The van der Waals surface area contributed by atoms with Crippen molar-refractivity contribution in [2.24, 2.45) is 0 Å². The summed E-state index contributed by atoms with van der Waals surface area (Å²) in [7, 11) is 0. The Bertz CT molecular complexity index is 1320. The van der Waals surface area contributed by atoms with E-state index in [-0.39, 0.29) is 17.9 Å². The number of rotatable bonds is 4. The van der Waals surface area contributed by atoms with Crippen molar-refractivity contribution in [3.8, 4) is 5.69 Å². The van der Waals surface area contributed by atoms with E-state index in [2.05, 4.69) is 67.7 Å². The minimum absolute atomic E-state index is 0.148. The predicted octanol–water partition coefficient (Wildman–Crippen LogP) is 6.57. The number of hydrogen-bond acceptors (Lipinski definition) is 2. The molecule has 3 heterocycles. The molecule has 0 unspecified atom stereocenters. The van der Waals surface area contributed by atoms with E-state index in [0.717, 1.165) is 38.5 Å². The van der Waals surface area contributed by atoms with E-state index in [4.69, 9.17) is 12.2 Å². The molecule has 4 aromatic rings. The highest BCUT2D eigenvalue weighted by Crippen LogP contribution is 2.43. The number of aryl methyl sites for hydroxylation is 1. The first-order valence-electron chi connectivity index (χ1n) is 10.6. The Hall–Kier alpha value is -3.03. The van der Waals surface area contributed by atoms with Crippen LogP contribution < -0.4 is 10.2 Å². The van der Waals surface area contributed by atoms with Gasteiger partial charge < -0.3 is 14.8 Å². The quantitative estimate of drug-likeness (QED) is 0.308. The van der Waals surface area contributed by atoms with Gasteiger partial charge >= 0.3 is 0 Å². The Morgan fingerprint density at radius 2 is 1.76 bits per heavy atom. The van der Waals surface area contributed by atoms with Crippen LogP contribution in [0.2, 0.25) is 0 Å². The van der Waals surface area contributed by atoms with Crippen molar-refractivity contribution >= 4 is 38.9 Å². The monoisotopic (exact) mass is 520 g/mol. The fourth-order valence-electron chi connectivity index (χ4n) is 4.65. The maximum atomic E-state index is 13.7. The molecule has 2 aromatic heterocycles. The summed E-state index contributed by atoms with van der Waals surface area (Å²) in [6.07, 6.45) is 1.79. The highest BCUT2D eigenvalue weighted by atomic mass is 79.9. The van der Waals surface area contributed by atoms with Gasteiger partial charge in [-0.15, -0.1) is 0 Å². The van der Waals surface area contributed by atoms with Crippen molar-refractivity contribution in [3.63, 3.8) is 0 Å². The molecule has 1 fully saturated rings. The fourth-order valence-corrected chi connectivity index (χ4v) is 5.38. The molecule has 2 aromatic carbocycles. The van der Waals surface area contributed by atoms with Crippen LogP contribution in [0.15, 0.2) is 83.5 Å². The second-order valence-electron chi connectivity index (χ2n) is 8.11. The zero-order valence-electron chi connectivity index (χ0n) is 18.2. The summed E-state index contributed by atoms with van der Waals surface area (Å²) in [5.74, 6) is -0.275. The highest BCUT2D eigenvalue weighted by Gasteiger charge is 2.42. The number of nitrogens with zero attached hydrogens (tertiary/aromatic N) is 3. The number of anilines is 1. The standard InChI is InChI=1S/C26H22BrFN4S/c1-16-14-22(17(2)31(16)21-7-5-6-18(27)15-21)25-24(23-8-3-4-13-29-23)30-26(33)32(25)20-11-9-19(28)10-12-20/h3-15,24-25H,1-2H3,(H,30,33)/t24-,25+/m0/s1. The molecule has 2 atom stereocenters. The lowest BCUT2D eigenvalue weighted by Gasteiger charge is -2.28. The Kier molecular flexibility index (Phi) is 5.76. The summed E-state index contributed by atoms with van der Waals surface area (Å²) in [6, 6.07) is 22.5. The SMILES string of the molecule is Cc1cc([C@@H]2[C@H](c3ccccn3)NC(=S)N2c2ccc(F)cc2)c(C)n1-c1cccc(Br)c1. The normalized spacial score (nSPS) is 17.9. The van der Waals surface area contributed by atoms with Crippen molar-refractivity contribution in [1.29, 1.82) is 0 Å². The molecular weight excluding hydrogens is 499 g/mol. The molecule has 0 bridgehead atoms. The minimum Gasteiger partial charge on any atom is -0.351 e. The third-order valence-corrected chi connectivity index (χ3v) is 6.87. The zero-order chi connectivity index (χ0) is 23.1. The van der Waals surface area contributed by atoms with Crippen LogP contribution >= 0.6 is 28.1 Å². The molecule has 0 amide bonds. The van der Waals surface area contributed by atoms with Crippen LogP contribution in [0.1, 0.15) is 34.7 Å². The van der Waals surface area contributed by atoms with Crippen LogP contribution in [0.5, 0.6) is 0 Å². The number of pyridine rings is 1. The highest BCUT2D eigenvalue weighted by molar-refractivity contribution is 9.10. The van der Waals surface area contributed by atoms with E-state index in [1.807, 2.05) is 30.3 Å². The van der Waals surface area contributed by atoms with Crippen molar-refractivity contribution < 1.29 is 4.39 Å². The largest absolute Gasteiger partial charge is 0.351 e. The van der Waals surface area contributed by atoms with Gasteiger partial charge in [0, 0.05) is 33.4 Å². The van der Waals surface area contributed by atoms with Gasteiger partial charge in [-0.1, -0.05) is 28.1 Å². The predicted molar refractivity (Wildman–Crippen MR) is 137 cm³/mol. The minimum atomic E-state index is -0.275. The maximum Gasteiger partial charge on any atom is 0.174 e. The van der Waals surface area contributed by atoms with Crippen LogP contribution in [-0.4, -0.2) is 14.7 Å². The van der Waals surface area contributed by atoms with Crippen molar-refractivity contribution in [1.82, 2.24) is 14.9 Å². The van der Waals surface area contributed by atoms with E-state index in [1.54, 1.807) is 18.3 Å². The third kappa shape index (κ3) is 3.96. The second-order valence-corrected chi connectivity index (χ2v) is 9.42. The number of nitrogens with one attached hydrogen (secondary N) is 1. The molecule has 1 aliphatic rings. The summed E-state index contributed by atoms with van der Waals surface area (Å²) in [5.41, 5.74) is 6.21. The molecule has 0 saturated carbocycles. The smallest absolute Gasteiger partial charge is 0.174 e. The lowest BCUT2D eigenvalue weighted by atomic mass is 9.96. The Morgan fingerprint density at radius 1 is 0.970 bits per heavy atom. The zero-order valence-corrected chi connectivity index (χ0v) is 20.6. The maximum absolute atomic E-state index is 13.7. The van der Waals surface area contributed by atoms with Gasteiger partial charge in [0.05, 0.1) is 17.8 Å². The van der Waals surface area contributed by atoms with Crippen molar-refractivity contribution in [2.45, 2.75) is 25.9 Å². The molecule has 1 saturated heterocycles. The fraction of sp³-hybridized carbons (Fsp3) is 0.154. The van der Waals surface area contributed by atoms with Crippen LogP contribution in [0.25, 0.3) is 5.69 Å². The van der Waals surface area contributed by atoms with E-state index in [9.17, 15) is 4.39 Å². The van der Waals surface area contributed by atoms with Crippen LogP contribution in [0.4, 0.5) is 10.1 Å². The van der Waals surface area contributed by atoms with E-state index >= 15 is 0 Å². The van der Waals surface area contributed by atoms with Gasteiger partial charge in [0.25, 0.3) is 0 Å². The molecule has 7 heteroatoms. The molecule has 33 heavy (non-hydrogen) atoms. The van der Waals surface area contributed by atoms with Gasteiger partial charge in [0.2, 0.25) is 0 Å². The first-order chi connectivity index (χ1) is 15.9. The second kappa shape index (κ2) is 8.72. The van der Waals surface area contributed by atoms with Crippen LogP contribution in [0, 0.1) is 19.7 Å². The summed E-state index contributed by atoms with van der Waals surface area (Å²) >= 11 is 9.37. The van der Waals surface area contributed by atoms with Gasteiger partial charge in [-0.05, 0) is 92.3 Å². The molecular formula is C26H22BrFN4S. The molecule has 166 valence electrons. The lowest BCUT2D eigenvalue weighted by molar-refractivity contribution is 0.565. The average molecular weight is 521 g/mol. The molecule has 5 rings (SSSR count). The summed E-state index contributed by atoms with van der Waals surface area (Å²) < 4.78 is 17.0. The Morgan fingerprint density at radius 3 is 2.45 bits per heavy atom. The molecule has 1 aliphatic heterocycles. The summed E-state index contributed by atoms with van der Waals surface area (Å²) in [5, 5.41) is 4.06. The molecule has 0 spiro atoms. The molecule has 1 N–H and O–H groups in total. The number of benzene rings is 2. The summed E-state index contributed by atoms with van der Waals surface area (Å²) in [4.78, 5) is 6.69. The van der Waals surface area contributed by atoms with Crippen molar-refractivity contribution in [2.75, 3.05) is 4.90 Å². The van der Waals surface area contributed by atoms with Gasteiger partial charge in [-0.2, -0.15) is 0 Å². The van der Waals surface area contributed by atoms with E-state index in [1.165, 1.54) is 12.1 Å². The number of hydrogen-bond donors (Lipinski definition) is 1. The molecule has 0 radical (unpaired) electrons. The van der Waals surface area contributed by atoms with Gasteiger partial charge in [0.15, 0.2) is 5.11 Å². The molecule has 0 aliphatic carbocycles. The first kappa shape index (κ1) is 21.8. The summed E-state index contributed by atoms with van der Waals surface area (Å²) in [6.45, 7) is 4.24. The lowest BCUT2D eigenvalue weighted by Crippen LogP contribution is -2.29. The topological polar surface area (TPSA) is 33.1 Å². The van der Waals surface area contributed by atoms with Crippen molar-refractivity contribution in [3.05, 3.63) is 112 Å². The first-order valence-corrected chi connectivity index (χ1v) is 11.8. The van der Waals surface area contributed by atoms with Crippen LogP contribution in [0.3, 0.4) is 0 Å². The van der Waals surface area contributed by atoms with E-state index < -0.39 is 0 Å². The van der Waals surface area contributed by atoms with E-state index in [0.29, 0.717) is 5.11 Å². The Labute approximate surface area is 206 Å². The van der Waals surface area contributed by atoms with Gasteiger partial charge in [-0.3, -0.25) is 4.98 Å². The number of aromatic nitrogens is 2. The van der Waals surface area contributed by atoms with Gasteiger partial charge in [-0.25, -0.2) is 4.39 Å². The van der Waals surface area contributed by atoms with Crippen LogP contribution in [-0.2, 0) is 0 Å². The number of thiocarbonyl (C=S) groups is 1. The Balaban J connectivity index is 1.68. The number of halogens is 2.